The molecule has 0 radical (unpaired) electrons. The van der Waals surface area contributed by atoms with Crippen LogP contribution >= 0.6 is 0 Å². The molecule has 0 aliphatic heterocycles. The Morgan fingerprint density at radius 2 is 1.96 bits per heavy atom. The summed E-state index contributed by atoms with van der Waals surface area (Å²) in [6.45, 7) is 0.601. The number of aryl methyl sites for hydroxylation is 2. The highest BCUT2D eigenvalue weighted by molar-refractivity contribution is 6.06. The standard InChI is InChI=1S/C19H19N5O/c1-23-13-15(14-7-2-3-8-16(14)23)19(25)20-11-6-10-18-22-21-17-9-4-5-12-24(17)18/h2-5,7-9,12-13H,6,10-11H2,1H3,(H,20,25). The van der Waals surface area contributed by atoms with Crippen molar-refractivity contribution in [3.63, 3.8) is 0 Å². The van der Waals surface area contributed by atoms with Crippen LogP contribution in [0.15, 0.2) is 54.9 Å². The molecule has 1 aromatic carbocycles. The molecule has 0 spiro atoms. The van der Waals surface area contributed by atoms with Crippen LogP contribution in [0, 0.1) is 0 Å². The zero-order chi connectivity index (χ0) is 17.2. The van der Waals surface area contributed by atoms with Crippen LogP contribution in [0.3, 0.4) is 0 Å². The number of amides is 1. The van der Waals surface area contributed by atoms with Gasteiger partial charge in [-0.3, -0.25) is 9.20 Å². The third kappa shape index (κ3) is 2.87. The Bertz CT molecular complexity index is 1050. The highest BCUT2D eigenvalue weighted by Gasteiger charge is 2.13. The Morgan fingerprint density at radius 1 is 1.12 bits per heavy atom. The van der Waals surface area contributed by atoms with Crippen LogP contribution in [0.2, 0.25) is 0 Å². The summed E-state index contributed by atoms with van der Waals surface area (Å²) in [5, 5.41) is 12.3. The Morgan fingerprint density at radius 3 is 2.88 bits per heavy atom. The van der Waals surface area contributed by atoms with Crippen LogP contribution < -0.4 is 5.32 Å². The number of aromatic nitrogens is 4. The van der Waals surface area contributed by atoms with E-state index in [0.717, 1.165) is 35.2 Å². The Hall–Kier alpha value is -3.15. The number of carbonyl (C=O) groups is 1. The molecule has 6 nitrogen and oxygen atoms in total. The number of rotatable bonds is 5. The third-order valence-electron chi connectivity index (χ3n) is 4.39. The number of fused-ring (bicyclic) bond motifs is 2. The van der Waals surface area contributed by atoms with Crippen molar-refractivity contribution in [1.29, 1.82) is 0 Å². The van der Waals surface area contributed by atoms with Gasteiger partial charge in [-0.15, -0.1) is 10.2 Å². The summed E-state index contributed by atoms with van der Waals surface area (Å²) in [6.07, 6.45) is 5.42. The summed E-state index contributed by atoms with van der Waals surface area (Å²) in [4.78, 5) is 12.5. The SMILES string of the molecule is Cn1cc(C(=O)NCCCc2nnc3ccccn23)c2ccccc21. The summed E-state index contributed by atoms with van der Waals surface area (Å²) in [5.41, 5.74) is 2.62. The monoisotopic (exact) mass is 333 g/mol. The smallest absolute Gasteiger partial charge is 0.253 e. The molecule has 0 atom stereocenters. The van der Waals surface area contributed by atoms with Crippen molar-refractivity contribution in [1.82, 2.24) is 24.5 Å². The second kappa shape index (κ2) is 6.39. The van der Waals surface area contributed by atoms with Gasteiger partial charge in [0.05, 0.1) is 5.56 Å². The van der Waals surface area contributed by atoms with E-state index >= 15 is 0 Å². The van der Waals surface area contributed by atoms with Crippen molar-refractivity contribution < 1.29 is 4.79 Å². The van der Waals surface area contributed by atoms with E-state index in [0.29, 0.717) is 12.1 Å². The maximum Gasteiger partial charge on any atom is 0.253 e. The lowest BCUT2D eigenvalue weighted by Crippen LogP contribution is -2.24. The van der Waals surface area contributed by atoms with Gasteiger partial charge in [-0.2, -0.15) is 0 Å². The first-order chi connectivity index (χ1) is 12.2. The van der Waals surface area contributed by atoms with Gasteiger partial charge in [0.25, 0.3) is 5.91 Å². The molecule has 0 bridgehead atoms. The van der Waals surface area contributed by atoms with Gasteiger partial charge in [0, 0.05) is 43.3 Å². The second-order valence-corrected chi connectivity index (χ2v) is 6.08. The van der Waals surface area contributed by atoms with Crippen LogP contribution in [0.5, 0.6) is 0 Å². The number of hydrogen-bond donors (Lipinski definition) is 1. The van der Waals surface area contributed by atoms with E-state index in [9.17, 15) is 4.79 Å². The predicted molar refractivity (Wildman–Crippen MR) is 96.6 cm³/mol. The maximum absolute atomic E-state index is 12.5. The third-order valence-corrected chi connectivity index (χ3v) is 4.39. The quantitative estimate of drug-likeness (QED) is 0.571. The summed E-state index contributed by atoms with van der Waals surface area (Å²) in [5.74, 6) is 0.873. The Balaban J connectivity index is 1.39. The van der Waals surface area contributed by atoms with Crippen LogP contribution in [0.4, 0.5) is 0 Å². The number of pyridine rings is 1. The summed E-state index contributed by atoms with van der Waals surface area (Å²) < 4.78 is 3.96. The molecule has 25 heavy (non-hydrogen) atoms. The van der Waals surface area contributed by atoms with Gasteiger partial charge in [0.2, 0.25) is 0 Å². The molecule has 4 aromatic rings. The molecule has 126 valence electrons. The molecule has 0 fully saturated rings. The zero-order valence-corrected chi connectivity index (χ0v) is 14.0. The van der Waals surface area contributed by atoms with Crippen LogP contribution in [0.1, 0.15) is 22.6 Å². The van der Waals surface area contributed by atoms with Gasteiger partial charge in [0.1, 0.15) is 5.82 Å². The predicted octanol–water partition coefficient (Wildman–Crippen LogP) is 2.58. The van der Waals surface area contributed by atoms with E-state index < -0.39 is 0 Å². The van der Waals surface area contributed by atoms with Crippen LogP contribution in [-0.2, 0) is 13.5 Å². The molecule has 3 heterocycles. The summed E-state index contributed by atoms with van der Waals surface area (Å²) >= 11 is 0. The number of hydrogen-bond acceptors (Lipinski definition) is 3. The first kappa shape index (κ1) is 15.4. The van der Waals surface area contributed by atoms with E-state index in [2.05, 4.69) is 15.5 Å². The Kier molecular flexibility index (Phi) is 3.93. The highest BCUT2D eigenvalue weighted by atomic mass is 16.1. The van der Waals surface area contributed by atoms with Crippen molar-refractivity contribution in [2.75, 3.05) is 6.54 Å². The molecule has 1 amide bonds. The molecule has 0 unspecified atom stereocenters. The average molecular weight is 333 g/mol. The number of nitrogens with zero attached hydrogens (tertiary/aromatic N) is 4. The summed E-state index contributed by atoms with van der Waals surface area (Å²) in [6, 6.07) is 13.8. The first-order valence-corrected chi connectivity index (χ1v) is 8.35. The molecule has 0 saturated carbocycles. The number of benzene rings is 1. The lowest BCUT2D eigenvalue weighted by atomic mass is 10.1. The number of para-hydroxylation sites is 1. The molecule has 3 aromatic heterocycles. The van der Waals surface area contributed by atoms with Gasteiger partial charge in [0.15, 0.2) is 5.65 Å². The zero-order valence-electron chi connectivity index (χ0n) is 14.0. The Labute approximate surface area is 145 Å². The van der Waals surface area contributed by atoms with Crippen molar-refractivity contribution in [3.8, 4) is 0 Å². The van der Waals surface area contributed by atoms with E-state index in [1.165, 1.54) is 0 Å². The lowest BCUT2D eigenvalue weighted by molar-refractivity contribution is 0.0954. The van der Waals surface area contributed by atoms with Crippen molar-refractivity contribution in [3.05, 3.63) is 66.2 Å². The van der Waals surface area contributed by atoms with Crippen molar-refractivity contribution >= 4 is 22.5 Å². The van der Waals surface area contributed by atoms with Crippen molar-refractivity contribution in [2.24, 2.45) is 7.05 Å². The molecule has 0 aliphatic carbocycles. The van der Waals surface area contributed by atoms with Gasteiger partial charge >= 0.3 is 0 Å². The first-order valence-electron chi connectivity index (χ1n) is 8.35. The number of nitrogens with one attached hydrogen (secondary N) is 1. The minimum Gasteiger partial charge on any atom is -0.352 e. The number of carbonyl (C=O) groups excluding carboxylic acids is 1. The fourth-order valence-corrected chi connectivity index (χ4v) is 3.13. The van der Waals surface area contributed by atoms with Crippen LogP contribution in [0.25, 0.3) is 16.6 Å². The molecule has 6 heteroatoms. The van der Waals surface area contributed by atoms with Crippen molar-refractivity contribution in [2.45, 2.75) is 12.8 Å². The topological polar surface area (TPSA) is 64.2 Å². The van der Waals surface area contributed by atoms with E-state index in [4.69, 9.17) is 0 Å². The fraction of sp³-hybridized carbons (Fsp3) is 0.211. The van der Waals surface area contributed by atoms with E-state index in [1.54, 1.807) is 0 Å². The molecule has 0 saturated heterocycles. The van der Waals surface area contributed by atoms with E-state index in [1.807, 2.05) is 70.9 Å². The van der Waals surface area contributed by atoms with E-state index in [-0.39, 0.29) is 5.91 Å². The molecular weight excluding hydrogens is 314 g/mol. The van der Waals surface area contributed by atoms with Gasteiger partial charge < -0.3 is 9.88 Å². The molecule has 0 aliphatic rings. The normalized spacial score (nSPS) is 11.2. The van der Waals surface area contributed by atoms with Gasteiger partial charge in [-0.25, -0.2) is 0 Å². The second-order valence-electron chi connectivity index (χ2n) is 6.08. The lowest BCUT2D eigenvalue weighted by Gasteiger charge is -2.04. The largest absolute Gasteiger partial charge is 0.352 e. The fourth-order valence-electron chi connectivity index (χ4n) is 3.13. The van der Waals surface area contributed by atoms with Crippen LogP contribution in [-0.4, -0.2) is 31.6 Å². The minimum atomic E-state index is -0.0390. The van der Waals surface area contributed by atoms with Gasteiger partial charge in [-0.05, 0) is 24.6 Å². The molecule has 4 rings (SSSR count). The highest BCUT2D eigenvalue weighted by Crippen LogP contribution is 2.20. The molecule has 1 N–H and O–H groups in total. The average Bonchev–Trinajstić information content (AvgIpc) is 3.21. The molecular formula is C19H19N5O. The minimum absolute atomic E-state index is 0.0390. The maximum atomic E-state index is 12.5. The summed E-state index contributed by atoms with van der Waals surface area (Å²) in [7, 11) is 1.95. The van der Waals surface area contributed by atoms with Gasteiger partial charge in [-0.1, -0.05) is 24.3 Å².